The van der Waals surface area contributed by atoms with Crippen molar-refractivity contribution in [1.82, 2.24) is 0 Å². The van der Waals surface area contributed by atoms with Crippen molar-refractivity contribution in [2.75, 3.05) is 6.61 Å². The lowest BCUT2D eigenvalue weighted by atomic mass is 10.1. The number of hydrogen-bond donors (Lipinski definition) is 0. The normalized spacial score (nSPS) is 10.2. The molecule has 2 aromatic rings. The lowest BCUT2D eigenvalue weighted by molar-refractivity contribution is 0.101. The van der Waals surface area contributed by atoms with E-state index < -0.39 is 0 Å². The van der Waals surface area contributed by atoms with E-state index in [2.05, 4.69) is 15.9 Å². The van der Waals surface area contributed by atoms with Crippen LogP contribution in [0.1, 0.15) is 24.2 Å². The molecule has 0 atom stereocenters. The van der Waals surface area contributed by atoms with Crippen LogP contribution in [0, 0.1) is 0 Å². The first-order chi connectivity index (χ1) is 9.61. The Morgan fingerprint density at radius 1 is 1.10 bits per heavy atom. The summed E-state index contributed by atoms with van der Waals surface area (Å²) in [6, 6.07) is 12.7. The number of ketones is 1. The summed E-state index contributed by atoms with van der Waals surface area (Å²) in [4.78, 5) is 11.3. The maximum Gasteiger partial charge on any atom is 0.169 e. The Labute approximate surface area is 126 Å². The summed E-state index contributed by atoms with van der Waals surface area (Å²) in [6.07, 6.45) is 0. The first-order valence-corrected chi connectivity index (χ1v) is 7.11. The van der Waals surface area contributed by atoms with Gasteiger partial charge in [0.2, 0.25) is 0 Å². The van der Waals surface area contributed by atoms with E-state index in [9.17, 15) is 4.79 Å². The third-order valence-electron chi connectivity index (χ3n) is 2.71. The van der Waals surface area contributed by atoms with Crippen molar-refractivity contribution >= 4 is 21.7 Å². The molecule has 0 saturated heterocycles. The summed E-state index contributed by atoms with van der Waals surface area (Å²) < 4.78 is 12.1. The lowest BCUT2D eigenvalue weighted by Crippen LogP contribution is -1.96. The van der Waals surface area contributed by atoms with Gasteiger partial charge in [-0.1, -0.05) is 12.1 Å². The monoisotopic (exact) mass is 334 g/mol. The molecular formula is C16H15BrO3. The van der Waals surface area contributed by atoms with Gasteiger partial charge in [-0.3, -0.25) is 4.79 Å². The number of halogens is 1. The van der Waals surface area contributed by atoms with Crippen molar-refractivity contribution in [2.24, 2.45) is 0 Å². The van der Waals surface area contributed by atoms with Crippen LogP contribution in [-0.4, -0.2) is 12.4 Å². The molecule has 4 heteroatoms. The molecule has 0 N–H and O–H groups in total. The van der Waals surface area contributed by atoms with Crippen molar-refractivity contribution < 1.29 is 14.3 Å². The molecule has 0 amide bonds. The van der Waals surface area contributed by atoms with Gasteiger partial charge in [0.05, 0.1) is 11.1 Å². The van der Waals surface area contributed by atoms with Crippen LogP contribution >= 0.6 is 15.9 Å². The zero-order valence-corrected chi connectivity index (χ0v) is 12.9. The molecule has 20 heavy (non-hydrogen) atoms. The van der Waals surface area contributed by atoms with Crippen molar-refractivity contribution in [3.05, 3.63) is 52.5 Å². The Balaban J connectivity index is 2.28. The van der Waals surface area contributed by atoms with E-state index in [1.54, 1.807) is 18.2 Å². The van der Waals surface area contributed by atoms with Gasteiger partial charge in [0.15, 0.2) is 17.3 Å². The Hall–Kier alpha value is -1.81. The third kappa shape index (κ3) is 3.39. The molecule has 0 aromatic heterocycles. The van der Waals surface area contributed by atoms with Crippen molar-refractivity contribution in [3.63, 3.8) is 0 Å². The van der Waals surface area contributed by atoms with Crippen molar-refractivity contribution in [1.29, 1.82) is 0 Å². The molecule has 0 fully saturated rings. The van der Waals surface area contributed by atoms with E-state index in [1.807, 2.05) is 31.2 Å². The van der Waals surface area contributed by atoms with E-state index in [1.165, 1.54) is 6.92 Å². The summed E-state index contributed by atoms with van der Waals surface area (Å²) in [7, 11) is 0. The maximum atomic E-state index is 11.3. The molecule has 0 unspecified atom stereocenters. The predicted octanol–water partition coefficient (Wildman–Crippen LogP) is 4.84. The molecule has 0 aliphatic carbocycles. The van der Waals surface area contributed by atoms with Gasteiger partial charge in [-0.2, -0.15) is 0 Å². The number of benzene rings is 2. The van der Waals surface area contributed by atoms with Crippen LogP contribution < -0.4 is 9.47 Å². The summed E-state index contributed by atoms with van der Waals surface area (Å²) >= 11 is 3.42. The molecule has 2 rings (SSSR count). The molecular weight excluding hydrogens is 320 g/mol. The average molecular weight is 335 g/mol. The number of Topliss-reactive ketones (excluding diaryl/α,β-unsaturated/α-hetero) is 1. The first-order valence-electron chi connectivity index (χ1n) is 6.32. The highest BCUT2D eigenvalue weighted by molar-refractivity contribution is 9.10. The first kappa shape index (κ1) is 14.6. The van der Waals surface area contributed by atoms with E-state index in [4.69, 9.17) is 9.47 Å². The second kappa shape index (κ2) is 6.57. The Kier molecular flexibility index (Phi) is 4.79. The fourth-order valence-electron chi connectivity index (χ4n) is 1.73. The Morgan fingerprint density at radius 2 is 1.80 bits per heavy atom. The number of rotatable bonds is 5. The van der Waals surface area contributed by atoms with Gasteiger partial charge < -0.3 is 9.47 Å². The zero-order chi connectivity index (χ0) is 14.5. The van der Waals surface area contributed by atoms with E-state index in [-0.39, 0.29) is 5.78 Å². The van der Waals surface area contributed by atoms with Crippen LogP contribution in [0.5, 0.6) is 17.2 Å². The van der Waals surface area contributed by atoms with Gasteiger partial charge in [0.25, 0.3) is 0 Å². The minimum atomic E-state index is 0.0203. The highest BCUT2D eigenvalue weighted by atomic mass is 79.9. The van der Waals surface area contributed by atoms with Crippen LogP contribution in [0.4, 0.5) is 0 Å². The summed E-state index contributed by atoms with van der Waals surface area (Å²) in [5.74, 6) is 2.00. The van der Waals surface area contributed by atoms with Gasteiger partial charge in [-0.25, -0.2) is 0 Å². The number of carbonyl (C=O) groups is 1. The fourth-order valence-corrected chi connectivity index (χ4v) is 2.19. The molecule has 3 nitrogen and oxygen atoms in total. The fraction of sp³-hybridized carbons (Fsp3) is 0.188. The SMILES string of the molecule is CCOc1ccccc1Oc1ccc(C(C)=O)cc1Br. The highest BCUT2D eigenvalue weighted by Crippen LogP contribution is 2.35. The largest absolute Gasteiger partial charge is 0.490 e. The van der Waals surface area contributed by atoms with Crippen LogP contribution in [0.15, 0.2) is 46.9 Å². The molecule has 104 valence electrons. The quantitative estimate of drug-likeness (QED) is 0.733. The number of hydrogen-bond acceptors (Lipinski definition) is 3. The molecule has 0 radical (unpaired) electrons. The third-order valence-corrected chi connectivity index (χ3v) is 3.33. The summed E-state index contributed by atoms with van der Waals surface area (Å²) in [5.41, 5.74) is 0.641. The van der Waals surface area contributed by atoms with Crippen LogP contribution in [0.2, 0.25) is 0 Å². The zero-order valence-electron chi connectivity index (χ0n) is 11.4. The minimum absolute atomic E-state index is 0.0203. The van der Waals surface area contributed by atoms with Crippen molar-refractivity contribution in [3.8, 4) is 17.2 Å². The molecule has 0 bridgehead atoms. The van der Waals surface area contributed by atoms with Crippen LogP contribution in [-0.2, 0) is 0 Å². The minimum Gasteiger partial charge on any atom is -0.490 e. The smallest absolute Gasteiger partial charge is 0.169 e. The Bertz CT molecular complexity index is 623. The second-order valence-corrected chi connectivity index (χ2v) is 5.04. The van der Waals surface area contributed by atoms with Crippen molar-refractivity contribution in [2.45, 2.75) is 13.8 Å². The van der Waals surface area contributed by atoms with Gasteiger partial charge >= 0.3 is 0 Å². The van der Waals surface area contributed by atoms with Gasteiger partial charge in [-0.15, -0.1) is 0 Å². The topological polar surface area (TPSA) is 35.5 Å². The van der Waals surface area contributed by atoms with E-state index >= 15 is 0 Å². The molecule has 0 aliphatic heterocycles. The Morgan fingerprint density at radius 3 is 2.40 bits per heavy atom. The number of carbonyl (C=O) groups excluding carboxylic acids is 1. The van der Waals surface area contributed by atoms with Gasteiger partial charge in [-0.05, 0) is 60.1 Å². The number of para-hydroxylation sites is 2. The molecule has 0 heterocycles. The summed E-state index contributed by atoms with van der Waals surface area (Å²) in [5, 5.41) is 0. The van der Waals surface area contributed by atoms with Gasteiger partial charge in [0, 0.05) is 5.56 Å². The highest BCUT2D eigenvalue weighted by Gasteiger charge is 2.09. The van der Waals surface area contributed by atoms with Crippen LogP contribution in [0.3, 0.4) is 0 Å². The molecule has 0 saturated carbocycles. The second-order valence-electron chi connectivity index (χ2n) is 4.18. The van der Waals surface area contributed by atoms with Crippen LogP contribution in [0.25, 0.3) is 0 Å². The number of ether oxygens (including phenoxy) is 2. The lowest BCUT2D eigenvalue weighted by Gasteiger charge is -2.12. The average Bonchev–Trinajstić information content (AvgIpc) is 2.43. The molecule has 2 aromatic carbocycles. The van der Waals surface area contributed by atoms with E-state index in [0.717, 1.165) is 4.47 Å². The van der Waals surface area contributed by atoms with Gasteiger partial charge in [0.1, 0.15) is 5.75 Å². The molecule has 0 spiro atoms. The summed E-state index contributed by atoms with van der Waals surface area (Å²) in [6.45, 7) is 4.03. The molecule has 0 aliphatic rings. The maximum absolute atomic E-state index is 11.3. The predicted molar refractivity (Wildman–Crippen MR) is 81.8 cm³/mol. The standard InChI is InChI=1S/C16H15BrO3/c1-3-19-15-6-4-5-7-16(15)20-14-9-8-12(11(2)18)10-13(14)17/h4-10H,3H2,1-2H3. The van der Waals surface area contributed by atoms with E-state index in [0.29, 0.717) is 29.4 Å².